The Hall–Kier alpha value is -3.51. The highest BCUT2D eigenvalue weighted by molar-refractivity contribution is 7.98. The fourth-order valence-electron chi connectivity index (χ4n) is 3.45. The number of benzene rings is 3. The molecular weight excluding hydrogens is 408 g/mol. The number of amides is 1. The first-order valence-corrected chi connectivity index (χ1v) is 11.1. The van der Waals surface area contributed by atoms with E-state index in [1.165, 1.54) is 0 Å². The minimum atomic E-state index is -0.421. The largest absolute Gasteiger partial charge is 0.508 e. The van der Waals surface area contributed by atoms with Crippen molar-refractivity contribution in [2.75, 3.05) is 6.26 Å². The van der Waals surface area contributed by atoms with Gasteiger partial charge in [-0.15, -0.1) is 11.8 Å². The second-order valence-electron chi connectivity index (χ2n) is 7.21. The summed E-state index contributed by atoms with van der Waals surface area (Å²) in [5.41, 5.74) is 2.40. The van der Waals surface area contributed by atoms with E-state index in [-0.39, 0.29) is 23.4 Å². The predicted molar refractivity (Wildman–Crippen MR) is 125 cm³/mol. The molecule has 4 rings (SSSR count). The van der Waals surface area contributed by atoms with E-state index in [4.69, 9.17) is 0 Å². The van der Waals surface area contributed by atoms with Gasteiger partial charge in [-0.3, -0.25) is 9.59 Å². The van der Waals surface area contributed by atoms with Crippen molar-refractivity contribution >= 4 is 28.6 Å². The van der Waals surface area contributed by atoms with E-state index >= 15 is 0 Å². The van der Waals surface area contributed by atoms with Crippen LogP contribution >= 0.6 is 11.8 Å². The highest BCUT2D eigenvalue weighted by atomic mass is 32.2. The summed E-state index contributed by atoms with van der Waals surface area (Å²) in [5, 5.41) is 13.0. The van der Waals surface area contributed by atoms with Crippen molar-refractivity contribution in [2.45, 2.75) is 18.0 Å². The minimum Gasteiger partial charge on any atom is -0.508 e. The molecule has 0 atom stereocenters. The third-order valence-electron chi connectivity index (χ3n) is 5.14. The van der Waals surface area contributed by atoms with Gasteiger partial charge in [0.15, 0.2) is 0 Å². The fraction of sp³-hybridized carbons (Fsp3) is 0.120. The molecule has 0 aliphatic rings. The molecule has 0 aliphatic carbocycles. The number of carbonyl (C=O) groups excluding carboxylic acids is 1. The molecule has 4 aromatic rings. The van der Waals surface area contributed by atoms with E-state index in [1.807, 2.05) is 54.8 Å². The fourth-order valence-corrected chi connectivity index (χ4v) is 3.86. The number of aromatic nitrogens is 1. The van der Waals surface area contributed by atoms with Crippen molar-refractivity contribution < 1.29 is 9.90 Å². The Kier molecular flexibility index (Phi) is 6.09. The summed E-state index contributed by atoms with van der Waals surface area (Å²) >= 11 is 1.66. The van der Waals surface area contributed by atoms with Crippen LogP contribution in [0.25, 0.3) is 10.9 Å². The number of para-hydroxylation sites is 1. The van der Waals surface area contributed by atoms with Crippen molar-refractivity contribution in [1.29, 1.82) is 0 Å². The van der Waals surface area contributed by atoms with Gasteiger partial charge in [-0.1, -0.05) is 42.5 Å². The zero-order valence-electron chi connectivity index (χ0n) is 17.0. The molecule has 3 aromatic carbocycles. The molecule has 0 saturated carbocycles. The van der Waals surface area contributed by atoms with E-state index in [2.05, 4.69) is 5.32 Å². The Balaban J connectivity index is 1.67. The summed E-state index contributed by atoms with van der Waals surface area (Å²) in [6, 6.07) is 23.9. The van der Waals surface area contributed by atoms with Crippen LogP contribution in [-0.4, -0.2) is 21.8 Å². The molecule has 2 N–H and O–H groups in total. The Bertz CT molecular complexity index is 1280. The van der Waals surface area contributed by atoms with Crippen molar-refractivity contribution in [3.05, 3.63) is 106 Å². The number of hydrogen-bond donors (Lipinski definition) is 2. The lowest BCUT2D eigenvalue weighted by atomic mass is 10.1. The van der Waals surface area contributed by atoms with Crippen LogP contribution in [0.4, 0.5) is 0 Å². The maximum atomic E-state index is 13.3. The van der Waals surface area contributed by atoms with Gasteiger partial charge in [0.2, 0.25) is 0 Å². The zero-order chi connectivity index (χ0) is 21.8. The number of nitrogens with one attached hydrogen (secondary N) is 1. The van der Waals surface area contributed by atoms with Crippen LogP contribution in [0.2, 0.25) is 0 Å². The van der Waals surface area contributed by atoms with Gasteiger partial charge in [-0.25, -0.2) is 0 Å². The second-order valence-corrected chi connectivity index (χ2v) is 8.08. The van der Waals surface area contributed by atoms with Gasteiger partial charge in [0.1, 0.15) is 11.3 Å². The number of phenols is 1. The average Bonchev–Trinajstić information content (AvgIpc) is 2.80. The van der Waals surface area contributed by atoms with Crippen molar-refractivity contribution in [1.82, 2.24) is 9.88 Å². The van der Waals surface area contributed by atoms with Crippen LogP contribution in [-0.2, 0) is 13.1 Å². The van der Waals surface area contributed by atoms with Crippen molar-refractivity contribution in [2.24, 2.45) is 0 Å². The molecule has 1 amide bonds. The predicted octanol–water partition coefficient (Wildman–Crippen LogP) is 4.41. The topological polar surface area (TPSA) is 71.3 Å². The molecule has 0 saturated heterocycles. The van der Waals surface area contributed by atoms with E-state index in [0.717, 1.165) is 26.9 Å². The summed E-state index contributed by atoms with van der Waals surface area (Å²) in [5.74, 6) is -0.256. The van der Waals surface area contributed by atoms with Gasteiger partial charge in [0, 0.05) is 11.4 Å². The summed E-state index contributed by atoms with van der Waals surface area (Å²) in [4.78, 5) is 27.3. The number of fused-ring (bicyclic) bond motifs is 1. The standard InChI is InChI=1S/C25H22N2O3S/c1-31-21-12-8-18(9-13-21)16-27-23-5-3-2-4-19(23)14-22(25(27)30)24(29)26-15-17-6-10-20(28)11-7-17/h2-14,28H,15-16H2,1H3,(H,26,29). The highest BCUT2D eigenvalue weighted by Gasteiger charge is 2.16. The Morgan fingerprint density at radius 3 is 2.35 bits per heavy atom. The molecule has 0 aliphatic heterocycles. The molecule has 1 heterocycles. The van der Waals surface area contributed by atoms with E-state index in [9.17, 15) is 14.7 Å². The summed E-state index contributed by atoms with van der Waals surface area (Å²) < 4.78 is 1.65. The monoisotopic (exact) mass is 430 g/mol. The maximum absolute atomic E-state index is 13.3. The number of nitrogens with zero attached hydrogens (tertiary/aromatic N) is 1. The summed E-state index contributed by atoms with van der Waals surface area (Å²) in [6.45, 7) is 0.647. The van der Waals surface area contributed by atoms with Crippen LogP contribution in [0.15, 0.2) is 88.6 Å². The number of thioether (sulfide) groups is 1. The first-order chi connectivity index (χ1) is 15.0. The lowest BCUT2D eigenvalue weighted by Crippen LogP contribution is -2.33. The third kappa shape index (κ3) is 4.64. The number of rotatable bonds is 6. The molecule has 6 heteroatoms. The number of aromatic hydroxyl groups is 1. The van der Waals surface area contributed by atoms with Crippen LogP contribution in [0, 0.1) is 0 Å². The number of pyridine rings is 1. The average molecular weight is 431 g/mol. The van der Waals surface area contributed by atoms with Crippen molar-refractivity contribution in [3.8, 4) is 5.75 Å². The Morgan fingerprint density at radius 1 is 0.968 bits per heavy atom. The smallest absolute Gasteiger partial charge is 0.264 e. The third-order valence-corrected chi connectivity index (χ3v) is 5.88. The van der Waals surface area contributed by atoms with E-state index in [0.29, 0.717) is 6.54 Å². The van der Waals surface area contributed by atoms with Gasteiger partial charge in [-0.05, 0) is 59.2 Å². The molecule has 0 fully saturated rings. The Labute approximate surface area is 184 Å². The van der Waals surface area contributed by atoms with Gasteiger partial charge in [-0.2, -0.15) is 0 Å². The van der Waals surface area contributed by atoms with E-state index in [1.54, 1.807) is 46.7 Å². The molecule has 5 nitrogen and oxygen atoms in total. The van der Waals surface area contributed by atoms with E-state index < -0.39 is 5.91 Å². The van der Waals surface area contributed by atoms with Crippen LogP contribution < -0.4 is 10.9 Å². The van der Waals surface area contributed by atoms with Crippen LogP contribution in [0.3, 0.4) is 0 Å². The second kappa shape index (κ2) is 9.10. The minimum absolute atomic E-state index is 0.109. The molecule has 31 heavy (non-hydrogen) atoms. The summed E-state index contributed by atoms with van der Waals surface area (Å²) in [6.07, 6.45) is 2.02. The quantitative estimate of drug-likeness (QED) is 0.445. The highest BCUT2D eigenvalue weighted by Crippen LogP contribution is 2.18. The molecule has 0 radical (unpaired) electrons. The Morgan fingerprint density at radius 2 is 1.65 bits per heavy atom. The molecule has 0 unspecified atom stereocenters. The summed E-state index contributed by atoms with van der Waals surface area (Å²) in [7, 11) is 0. The lowest BCUT2D eigenvalue weighted by molar-refractivity contribution is 0.0949. The number of hydrogen-bond acceptors (Lipinski definition) is 4. The maximum Gasteiger partial charge on any atom is 0.264 e. The zero-order valence-corrected chi connectivity index (χ0v) is 17.9. The van der Waals surface area contributed by atoms with Gasteiger partial charge in [0.25, 0.3) is 11.5 Å². The molecule has 0 bridgehead atoms. The van der Waals surface area contributed by atoms with Gasteiger partial charge in [0.05, 0.1) is 12.1 Å². The number of carbonyl (C=O) groups is 1. The molecule has 156 valence electrons. The first-order valence-electron chi connectivity index (χ1n) is 9.87. The molecule has 1 aromatic heterocycles. The van der Waals surface area contributed by atoms with Gasteiger partial charge >= 0.3 is 0 Å². The molecule has 0 spiro atoms. The first kappa shape index (κ1) is 20.8. The SMILES string of the molecule is CSc1ccc(Cn2c(=O)c(C(=O)NCc3ccc(O)cc3)cc3ccccc32)cc1. The lowest BCUT2D eigenvalue weighted by Gasteiger charge is -2.14. The van der Waals surface area contributed by atoms with Gasteiger partial charge < -0.3 is 15.0 Å². The molecular formula is C25H22N2O3S. The normalized spacial score (nSPS) is 10.9. The van der Waals surface area contributed by atoms with Crippen LogP contribution in [0.1, 0.15) is 21.5 Å². The number of phenolic OH excluding ortho intramolecular Hbond substituents is 1. The van der Waals surface area contributed by atoms with Crippen LogP contribution in [0.5, 0.6) is 5.75 Å². The van der Waals surface area contributed by atoms with Crippen molar-refractivity contribution in [3.63, 3.8) is 0 Å².